The van der Waals surface area contributed by atoms with Crippen molar-refractivity contribution in [2.45, 2.75) is 11.8 Å². The molecule has 0 radical (unpaired) electrons. The van der Waals surface area contributed by atoms with E-state index in [2.05, 4.69) is 4.98 Å². The number of aromatic nitrogens is 1. The predicted octanol–water partition coefficient (Wildman–Crippen LogP) is 1.90. The first-order valence-electron chi connectivity index (χ1n) is 3.67. The maximum Gasteiger partial charge on any atom is 0.364 e. The van der Waals surface area contributed by atoms with E-state index < -0.39 is 11.1 Å². The van der Waals surface area contributed by atoms with Crippen LogP contribution < -0.4 is 0 Å². The first-order chi connectivity index (χ1) is 6.04. The normalized spacial score (nSPS) is 11.7. The van der Waals surface area contributed by atoms with Crippen LogP contribution in [0.5, 0.6) is 0 Å². The van der Waals surface area contributed by atoms with Gasteiger partial charge in [-0.05, 0) is 29.7 Å². The van der Waals surface area contributed by atoms with Crippen LogP contribution in [0.3, 0.4) is 0 Å². The molecule has 72 valence electrons. The molecule has 0 fully saturated rings. The standard InChI is InChI=1S/C8H8ClF2NO/c9-8(10,11)7-2-1-6(3-4-13)5-12-7/h1-2,5,13H,3-4H2. The molecule has 1 aromatic heterocycles. The summed E-state index contributed by atoms with van der Waals surface area (Å²) in [6, 6.07) is 2.62. The second-order valence-electron chi connectivity index (χ2n) is 2.52. The summed E-state index contributed by atoms with van der Waals surface area (Å²) < 4.78 is 24.9. The van der Waals surface area contributed by atoms with Gasteiger partial charge in [-0.2, -0.15) is 8.78 Å². The minimum Gasteiger partial charge on any atom is -0.396 e. The quantitative estimate of drug-likeness (QED) is 0.768. The number of rotatable bonds is 3. The van der Waals surface area contributed by atoms with Gasteiger partial charge in [-0.25, -0.2) is 0 Å². The molecular weight excluding hydrogens is 200 g/mol. The molecule has 0 aromatic carbocycles. The van der Waals surface area contributed by atoms with Crippen molar-refractivity contribution in [1.29, 1.82) is 0 Å². The van der Waals surface area contributed by atoms with Crippen LogP contribution in [0.1, 0.15) is 11.3 Å². The highest BCUT2D eigenvalue weighted by atomic mass is 35.5. The smallest absolute Gasteiger partial charge is 0.364 e. The lowest BCUT2D eigenvalue weighted by molar-refractivity contribution is 0.0899. The number of aliphatic hydroxyl groups excluding tert-OH is 1. The molecule has 1 aromatic rings. The van der Waals surface area contributed by atoms with Gasteiger partial charge in [0.15, 0.2) is 0 Å². The number of halogens is 3. The lowest BCUT2D eigenvalue weighted by Gasteiger charge is -2.06. The fourth-order valence-corrected chi connectivity index (χ4v) is 0.981. The Balaban J connectivity index is 2.81. The molecule has 1 rings (SSSR count). The highest BCUT2D eigenvalue weighted by Crippen LogP contribution is 2.30. The Labute approximate surface area is 79.2 Å². The molecule has 0 atom stereocenters. The second-order valence-corrected chi connectivity index (χ2v) is 3.00. The van der Waals surface area contributed by atoms with Crippen LogP contribution >= 0.6 is 11.6 Å². The molecule has 0 amide bonds. The lowest BCUT2D eigenvalue weighted by Crippen LogP contribution is -2.06. The van der Waals surface area contributed by atoms with Crippen LogP contribution in [-0.4, -0.2) is 16.7 Å². The van der Waals surface area contributed by atoms with Crippen LogP contribution in [-0.2, 0) is 11.8 Å². The van der Waals surface area contributed by atoms with Gasteiger partial charge in [-0.1, -0.05) is 6.07 Å². The van der Waals surface area contributed by atoms with Crippen molar-refractivity contribution in [3.63, 3.8) is 0 Å². The lowest BCUT2D eigenvalue weighted by atomic mass is 10.2. The van der Waals surface area contributed by atoms with E-state index in [1.54, 1.807) is 0 Å². The zero-order valence-corrected chi connectivity index (χ0v) is 7.43. The number of hydrogen-bond acceptors (Lipinski definition) is 2. The molecule has 2 nitrogen and oxygen atoms in total. The number of nitrogens with zero attached hydrogens (tertiary/aromatic N) is 1. The molecule has 0 unspecified atom stereocenters. The summed E-state index contributed by atoms with van der Waals surface area (Å²) in [4.78, 5) is 3.48. The fraction of sp³-hybridized carbons (Fsp3) is 0.375. The third kappa shape index (κ3) is 2.90. The Hall–Kier alpha value is -0.740. The highest BCUT2D eigenvalue weighted by Gasteiger charge is 2.29. The number of aliphatic hydroxyl groups is 1. The summed E-state index contributed by atoms with van der Waals surface area (Å²) in [6.07, 6.45) is 1.68. The van der Waals surface area contributed by atoms with Crippen LogP contribution in [0.2, 0.25) is 0 Å². The molecule has 0 saturated carbocycles. The Bertz CT molecular complexity index is 270. The second kappa shape index (κ2) is 3.98. The van der Waals surface area contributed by atoms with Crippen molar-refractivity contribution >= 4 is 11.6 Å². The molecule has 1 heterocycles. The summed E-state index contributed by atoms with van der Waals surface area (Å²) in [5, 5.41) is 5.13. The SMILES string of the molecule is OCCc1ccc(C(F)(F)Cl)nc1. The number of alkyl halides is 3. The third-order valence-electron chi connectivity index (χ3n) is 1.52. The van der Waals surface area contributed by atoms with Crippen molar-refractivity contribution in [1.82, 2.24) is 4.98 Å². The topological polar surface area (TPSA) is 33.1 Å². The molecule has 0 aliphatic carbocycles. The summed E-state index contributed by atoms with van der Waals surface area (Å²) in [5.74, 6) is 0. The van der Waals surface area contributed by atoms with Crippen molar-refractivity contribution in [3.05, 3.63) is 29.6 Å². The first kappa shape index (κ1) is 10.3. The van der Waals surface area contributed by atoms with Crippen molar-refractivity contribution in [2.24, 2.45) is 0 Å². The Morgan fingerprint density at radius 1 is 1.46 bits per heavy atom. The molecule has 5 heteroatoms. The molecule has 13 heavy (non-hydrogen) atoms. The Morgan fingerprint density at radius 3 is 2.54 bits per heavy atom. The van der Waals surface area contributed by atoms with E-state index in [-0.39, 0.29) is 6.61 Å². The molecule has 0 spiro atoms. The fourth-order valence-electron chi connectivity index (χ4n) is 0.869. The molecular formula is C8H8ClF2NO. The third-order valence-corrected chi connectivity index (χ3v) is 1.71. The minimum absolute atomic E-state index is 0.0295. The van der Waals surface area contributed by atoms with Gasteiger partial charge in [0.25, 0.3) is 0 Å². The summed E-state index contributed by atoms with van der Waals surface area (Å²) in [5.41, 5.74) is 0.225. The number of pyridine rings is 1. The largest absolute Gasteiger partial charge is 0.396 e. The zero-order chi connectivity index (χ0) is 9.90. The summed E-state index contributed by atoms with van der Waals surface area (Å²) >= 11 is 4.74. The van der Waals surface area contributed by atoms with Gasteiger partial charge >= 0.3 is 5.38 Å². The van der Waals surface area contributed by atoms with Gasteiger partial charge in [-0.3, -0.25) is 4.98 Å². The average Bonchev–Trinajstić information content (AvgIpc) is 2.04. The van der Waals surface area contributed by atoms with Crippen LogP contribution in [0.4, 0.5) is 8.78 Å². The zero-order valence-electron chi connectivity index (χ0n) is 6.67. The van der Waals surface area contributed by atoms with Gasteiger partial charge in [0.05, 0.1) is 0 Å². The molecule has 0 bridgehead atoms. The molecule has 1 N–H and O–H groups in total. The van der Waals surface area contributed by atoms with Gasteiger partial charge < -0.3 is 5.11 Å². The van der Waals surface area contributed by atoms with Crippen molar-refractivity contribution in [2.75, 3.05) is 6.61 Å². The summed E-state index contributed by atoms with van der Waals surface area (Å²) in [6.45, 7) is -0.0295. The van der Waals surface area contributed by atoms with E-state index in [4.69, 9.17) is 16.7 Å². The van der Waals surface area contributed by atoms with E-state index in [0.29, 0.717) is 12.0 Å². The molecule has 0 saturated heterocycles. The van der Waals surface area contributed by atoms with E-state index in [1.807, 2.05) is 0 Å². The first-order valence-corrected chi connectivity index (χ1v) is 4.05. The minimum atomic E-state index is -3.42. The maximum atomic E-state index is 12.4. The predicted molar refractivity (Wildman–Crippen MR) is 44.8 cm³/mol. The van der Waals surface area contributed by atoms with Crippen LogP contribution in [0, 0.1) is 0 Å². The van der Waals surface area contributed by atoms with Crippen LogP contribution in [0.15, 0.2) is 18.3 Å². The van der Waals surface area contributed by atoms with Crippen LogP contribution in [0.25, 0.3) is 0 Å². The Morgan fingerprint density at radius 2 is 2.15 bits per heavy atom. The van der Waals surface area contributed by atoms with E-state index >= 15 is 0 Å². The maximum absolute atomic E-state index is 12.4. The monoisotopic (exact) mass is 207 g/mol. The van der Waals surface area contributed by atoms with Gasteiger partial charge in [0, 0.05) is 12.8 Å². The van der Waals surface area contributed by atoms with Gasteiger partial charge in [-0.15, -0.1) is 0 Å². The van der Waals surface area contributed by atoms with E-state index in [1.165, 1.54) is 12.3 Å². The molecule has 0 aliphatic heterocycles. The van der Waals surface area contributed by atoms with Crippen molar-refractivity contribution in [3.8, 4) is 0 Å². The Kier molecular flexibility index (Phi) is 3.17. The van der Waals surface area contributed by atoms with Gasteiger partial charge in [0.2, 0.25) is 0 Å². The van der Waals surface area contributed by atoms with Gasteiger partial charge in [0.1, 0.15) is 5.69 Å². The van der Waals surface area contributed by atoms with E-state index in [0.717, 1.165) is 6.07 Å². The van der Waals surface area contributed by atoms with E-state index in [9.17, 15) is 8.78 Å². The number of hydrogen-bond donors (Lipinski definition) is 1. The molecule has 0 aliphatic rings. The summed E-state index contributed by atoms with van der Waals surface area (Å²) in [7, 11) is 0. The average molecular weight is 208 g/mol. The highest BCUT2D eigenvalue weighted by molar-refractivity contribution is 6.21. The van der Waals surface area contributed by atoms with Crippen molar-refractivity contribution < 1.29 is 13.9 Å².